The highest BCUT2D eigenvalue weighted by molar-refractivity contribution is 5.03. The molecule has 0 amide bonds. The molecule has 1 aliphatic rings. The first-order chi connectivity index (χ1) is 9.42. The monoisotopic (exact) mass is 279 g/mol. The Hall–Kier alpha value is -0.870. The summed E-state index contributed by atoms with van der Waals surface area (Å²) in [6.07, 6.45) is 9.13. The van der Waals surface area contributed by atoms with Crippen molar-refractivity contribution in [1.82, 2.24) is 15.1 Å². The third-order valence-corrected chi connectivity index (χ3v) is 4.46. The molecule has 1 fully saturated rings. The van der Waals surface area contributed by atoms with E-state index in [0.29, 0.717) is 12.0 Å². The van der Waals surface area contributed by atoms with Crippen molar-refractivity contribution < 1.29 is 5.11 Å². The summed E-state index contributed by atoms with van der Waals surface area (Å²) in [4.78, 5) is 0. The van der Waals surface area contributed by atoms with Crippen LogP contribution in [-0.4, -0.2) is 27.0 Å². The van der Waals surface area contributed by atoms with Gasteiger partial charge in [-0.05, 0) is 37.5 Å². The Morgan fingerprint density at radius 3 is 2.65 bits per heavy atom. The molecule has 4 heteroatoms. The number of nitrogens with one attached hydrogen (secondary N) is 1. The molecule has 0 aromatic carbocycles. The third-order valence-electron chi connectivity index (χ3n) is 4.46. The summed E-state index contributed by atoms with van der Waals surface area (Å²) in [5.41, 5.74) is 1.07. The summed E-state index contributed by atoms with van der Waals surface area (Å²) in [5.74, 6) is 0. The van der Waals surface area contributed by atoms with E-state index in [4.69, 9.17) is 0 Å². The predicted octanol–water partition coefficient (Wildman–Crippen LogP) is 2.71. The van der Waals surface area contributed by atoms with E-state index in [2.05, 4.69) is 37.4 Å². The van der Waals surface area contributed by atoms with Crippen molar-refractivity contribution >= 4 is 0 Å². The lowest BCUT2D eigenvalue weighted by molar-refractivity contribution is -0.0245. The average Bonchev–Trinajstić information content (AvgIpc) is 2.82. The fourth-order valence-electron chi connectivity index (χ4n) is 2.86. The molecule has 0 aliphatic heterocycles. The van der Waals surface area contributed by atoms with Crippen molar-refractivity contribution in [3.05, 3.63) is 18.0 Å². The fraction of sp³-hybridized carbons (Fsp3) is 0.812. The molecule has 0 bridgehead atoms. The van der Waals surface area contributed by atoms with Gasteiger partial charge in [0.1, 0.15) is 0 Å². The molecule has 1 aromatic rings. The van der Waals surface area contributed by atoms with Crippen LogP contribution in [0.15, 0.2) is 12.4 Å². The van der Waals surface area contributed by atoms with Crippen LogP contribution in [0.3, 0.4) is 0 Å². The minimum absolute atomic E-state index is 0.396. The van der Waals surface area contributed by atoms with E-state index in [9.17, 15) is 5.11 Å². The van der Waals surface area contributed by atoms with Crippen LogP contribution < -0.4 is 5.32 Å². The number of nitrogens with zero attached hydrogens (tertiary/aromatic N) is 2. The zero-order valence-corrected chi connectivity index (χ0v) is 13.2. The molecule has 0 radical (unpaired) electrons. The summed E-state index contributed by atoms with van der Waals surface area (Å²) >= 11 is 0. The fourth-order valence-corrected chi connectivity index (χ4v) is 2.86. The van der Waals surface area contributed by atoms with Crippen LogP contribution in [-0.2, 0) is 13.1 Å². The Bertz CT molecular complexity index is 415. The van der Waals surface area contributed by atoms with Gasteiger partial charge in [-0.1, -0.05) is 20.8 Å². The van der Waals surface area contributed by atoms with E-state index in [1.807, 2.05) is 10.9 Å². The van der Waals surface area contributed by atoms with Crippen molar-refractivity contribution in [2.24, 2.45) is 5.41 Å². The minimum Gasteiger partial charge on any atom is -0.389 e. The number of hydrogen-bond acceptors (Lipinski definition) is 3. The predicted molar refractivity (Wildman–Crippen MR) is 81.4 cm³/mol. The molecule has 0 saturated heterocycles. The number of aromatic nitrogens is 2. The standard InChI is InChI=1S/C16H29N3O/c1-4-9-19-12-14(11-18-19)10-17-13-16(20)7-5-15(2,3)6-8-16/h11-12,17,20H,4-10,13H2,1-3H3. The Morgan fingerprint density at radius 1 is 1.30 bits per heavy atom. The molecule has 0 spiro atoms. The lowest BCUT2D eigenvalue weighted by Crippen LogP contribution is -2.44. The van der Waals surface area contributed by atoms with E-state index in [0.717, 1.165) is 45.2 Å². The van der Waals surface area contributed by atoms with Crippen molar-refractivity contribution in [3.8, 4) is 0 Å². The van der Waals surface area contributed by atoms with E-state index >= 15 is 0 Å². The highest BCUT2D eigenvalue weighted by Gasteiger charge is 2.36. The maximum absolute atomic E-state index is 10.6. The largest absolute Gasteiger partial charge is 0.389 e. The van der Waals surface area contributed by atoms with Crippen molar-refractivity contribution in [1.29, 1.82) is 0 Å². The number of aliphatic hydroxyl groups is 1. The molecule has 2 N–H and O–H groups in total. The van der Waals surface area contributed by atoms with Gasteiger partial charge in [0, 0.05) is 31.4 Å². The maximum atomic E-state index is 10.6. The summed E-state index contributed by atoms with van der Waals surface area (Å²) in [6, 6.07) is 0. The number of hydrogen-bond donors (Lipinski definition) is 2. The maximum Gasteiger partial charge on any atom is 0.0772 e. The molecule has 1 aliphatic carbocycles. The van der Waals surface area contributed by atoms with Crippen molar-refractivity contribution in [3.63, 3.8) is 0 Å². The molecule has 20 heavy (non-hydrogen) atoms. The van der Waals surface area contributed by atoms with Crippen LogP contribution in [0.1, 0.15) is 58.4 Å². The molecular formula is C16H29N3O. The zero-order chi connectivity index (χ0) is 14.6. The van der Waals surface area contributed by atoms with Gasteiger partial charge in [0.05, 0.1) is 11.8 Å². The smallest absolute Gasteiger partial charge is 0.0772 e. The van der Waals surface area contributed by atoms with E-state index in [-0.39, 0.29) is 0 Å². The highest BCUT2D eigenvalue weighted by atomic mass is 16.3. The summed E-state index contributed by atoms with van der Waals surface area (Å²) in [6.45, 7) is 9.18. The summed E-state index contributed by atoms with van der Waals surface area (Å²) in [5, 5.41) is 18.3. The molecule has 1 aromatic heterocycles. The Morgan fingerprint density at radius 2 is 2.00 bits per heavy atom. The van der Waals surface area contributed by atoms with E-state index < -0.39 is 5.60 Å². The van der Waals surface area contributed by atoms with Gasteiger partial charge in [-0.3, -0.25) is 4.68 Å². The normalized spacial score (nSPS) is 21.0. The van der Waals surface area contributed by atoms with Crippen LogP contribution in [0, 0.1) is 5.41 Å². The van der Waals surface area contributed by atoms with Gasteiger partial charge in [-0.25, -0.2) is 0 Å². The van der Waals surface area contributed by atoms with Crippen molar-refractivity contribution in [2.45, 2.75) is 71.6 Å². The highest BCUT2D eigenvalue weighted by Crippen LogP contribution is 2.39. The first-order valence-corrected chi connectivity index (χ1v) is 7.87. The molecule has 1 heterocycles. The second-order valence-electron chi connectivity index (χ2n) is 7.10. The van der Waals surface area contributed by atoms with Gasteiger partial charge in [0.15, 0.2) is 0 Å². The van der Waals surface area contributed by atoms with Gasteiger partial charge in [0.2, 0.25) is 0 Å². The van der Waals surface area contributed by atoms with Crippen LogP contribution in [0.4, 0.5) is 0 Å². The van der Waals surface area contributed by atoms with Crippen LogP contribution >= 0.6 is 0 Å². The third kappa shape index (κ3) is 4.32. The molecule has 0 unspecified atom stereocenters. The van der Waals surface area contributed by atoms with Gasteiger partial charge in [-0.2, -0.15) is 5.10 Å². The Balaban J connectivity index is 1.75. The second-order valence-corrected chi connectivity index (χ2v) is 7.10. The number of aryl methyl sites for hydroxylation is 1. The van der Waals surface area contributed by atoms with Crippen LogP contribution in [0.5, 0.6) is 0 Å². The topological polar surface area (TPSA) is 50.1 Å². The second kappa shape index (κ2) is 6.27. The lowest BCUT2D eigenvalue weighted by Gasteiger charge is -2.40. The van der Waals surface area contributed by atoms with Crippen LogP contribution in [0.25, 0.3) is 0 Å². The average molecular weight is 279 g/mol. The Kier molecular flexibility index (Phi) is 4.86. The lowest BCUT2D eigenvalue weighted by atomic mass is 9.71. The first-order valence-electron chi connectivity index (χ1n) is 7.87. The Labute approximate surface area is 122 Å². The van der Waals surface area contributed by atoms with E-state index in [1.165, 1.54) is 5.56 Å². The first kappa shape index (κ1) is 15.5. The molecule has 2 rings (SSSR count). The van der Waals surface area contributed by atoms with Gasteiger partial charge < -0.3 is 10.4 Å². The minimum atomic E-state index is -0.519. The molecule has 0 atom stereocenters. The van der Waals surface area contributed by atoms with Crippen LogP contribution in [0.2, 0.25) is 0 Å². The quantitative estimate of drug-likeness (QED) is 0.842. The SMILES string of the molecule is CCCn1cc(CNCC2(O)CCC(C)(C)CC2)cn1. The summed E-state index contributed by atoms with van der Waals surface area (Å²) < 4.78 is 1.98. The molecule has 1 saturated carbocycles. The van der Waals surface area contributed by atoms with Gasteiger partial charge in [-0.15, -0.1) is 0 Å². The molecule has 4 nitrogen and oxygen atoms in total. The van der Waals surface area contributed by atoms with Crippen molar-refractivity contribution in [2.75, 3.05) is 6.54 Å². The zero-order valence-electron chi connectivity index (χ0n) is 13.2. The summed E-state index contributed by atoms with van der Waals surface area (Å²) in [7, 11) is 0. The van der Waals surface area contributed by atoms with Gasteiger partial charge in [0.25, 0.3) is 0 Å². The molecule has 114 valence electrons. The number of rotatable bonds is 6. The molecular weight excluding hydrogens is 250 g/mol. The van der Waals surface area contributed by atoms with E-state index in [1.54, 1.807) is 0 Å². The van der Waals surface area contributed by atoms with Gasteiger partial charge >= 0.3 is 0 Å².